The summed E-state index contributed by atoms with van der Waals surface area (Å²) in [5, 5.41) is 10.9. The van der Waals surface area contributed by atoms with Crippen molar-refractivity contribution in [2.75, 3.05) is 0 Å². The smallest absolute Gasteiger partial charge is 0.258 e. The van der Waals surface area contributed by atoms with Gasteiger partial charge in [-0.15, -0.1) is 0 Å². The lowest BCUT2D eigenvalue weighted by molar-refractivity contribution is -0.385. The van der Waals surface area contributed by atoms with Crippen molar-refractivity contribution in [2.24, 2.45) is 0 Å². The summed E-state index contributed by atoms with van der Waals surface area (Å²) >= 11 is 0. The lowest BCUT2D eigenvalue weighted by Crippen LogP contribution is -2.12. The third-order valence-corrected chi connectivity index (χ3v) is 4.47. The summed E-state index contributed by atoms with van der Waals surface area (Å²) in [6.07, 6.45) is 3.74. The zero-order valence-corrected chi connectivity index (χ0v) is 11.1. The highest BCUT2D eigenvalue weighted by molar-refractivity contribution is 7.90. The normalized spacial score (nSPS) is 11.5. The van der Waals surface area contributed by atoms with Crippen LogP contribution in [0.3, 0.4) is 0 Å². The first-order valence-corrected chi connectivity index (χ1v) is 6.77. The molecule has 0 bridgehead atoms. The lowest BCUT2D eigenvalue weighted by Gasteiger charge is -2.08. The molecule has 0 amide bonds. The Hall–Kier alpha value is -2.22. The molecule has 0 atom stereocenters. The van der Waals surface area contributed by atoms with Crippen LogP contribution >= 0.6 is 0 Å². The largest absolute Gasteiger partial charge is 0.273 e. The predicted octanol–water partition coefficient (Wildman–Crippen LogP) is 1.65. The molecule has 1 heterocycles. The molecule has 0 fully saturated rings. The maximum atomic E-state index is 12.2. The van der Waals surface area contributed by atoms with Gasteiger partial charge in [0.05, 0.1) is 9.82 Å². The molecular weight excluding hydrogens is 270 g/mol. The Balaban J connectivity index is 2.68. The van der Waals surface area contributed by atoms with Gasteiger partial charge in [0.25, 0.3) is 15.7 Å². The van der Waals surface area contributed by atoms with E-state index in [1.54, 1.807) is 13.8 Å². The molecule has 1 aromatic carbocycles. The van der Waals surface area contributed by atoms with Crippen LogP contribution in [0.5, 0.6) is 0 Å². The minimum absolute atomic E-state index is 0.125. The summed E-state index contributed by atoms with van der Waals surface area (Å²) in [5.41, 5.74) is 0.793. The first-order chi connectivity index (χ1) is 8.84. The fourth-order valence-electron chi connectivity index (χ4n) is 1.66. The summed E-state index contributed by atoms with van der Waals surface area (Å²) < 4.78 is 25.4. The number of aryl methyl sites for hydroxylation is 1. The second-order valence-electron chi connectivity index (χ2n) is 4.04. The van der Waals surface area contributed by atoms with Crippen LogP contribution in [0.25, 0.3) is 0 Å². The van der Waals surface area contributed by atoms with Crippen LogP contribution in [0.1, 0.15) is 11.1 Å². The minimum Gasteiger partial charge on any atom is -0.258 e. The molecule has 0 aliphatic carbocycles. The number of hydrogen-bond donors (Lipinski definition) is 0. The number of benzene rings is 1. The quantitative estimate of drug-likeness (QED) is 0.629. The molecule has 7 nitrogen and oxygen atoms in total. The van der Waals surface area contributed by atoms with Crippen molar-refractivity contribution in [1.29, 1.82) is 0 Å². The van der Waals surface area contributed by atoms with Crippen molar-refractivity contribution in [2.45, 2.75) is 18.7 Å². The number of imidazole rings is 1. The molecule has 0 saturated heterocycles. The van der Waals surface area contributed by atoms with Crippen molar-refractivity contribution in [3.05, 3.63) is 52.1 Å². The highest BCUT2D eigenvalue weighted by Gasteiger charge is 2.22. The van der Waals surface area contributed by atoms with Gasteiger partial charge in [0.2, 0.25) is 0 Å². The molecule has 1 aromatic heterocycles. The van der Waals surface area contributed by atoms with Crippen LogP contribution in [0.2, 0.25) is 0 Å². The molecule has 0 saturated carbocycles. The first kappa shape index (κ1) is 13.2. The van der Waals surface area contributed by atoms with E-state index in [1.807, 2.05) is 0 Å². The Kier molecular flexibility index (Phi) is 3.11. The van der Waals surface area contributed by atoms with Gasteiger partial charge >= 0.3 is 0 Å². The Morgan fingerprint density at radius 2 is 2.00 bits per heavy atom. The van der Waals surface area contributed by atoms with Crippen molar-refractivity contribution >= 4 is 15.7 Å². The Morgan fingerprint density at radius 3 is 2.53 bits per heavy atom. The average molecular weight is 281 g/mol. The average Bonchev–Trinajstić information content (AvgIpc) is 2.86. The number of rotatable bonds is 3. The third kappa shape index (κ3) is 2.22. The SMILES string of the molecule is Cc1cc(S(=O)(=O)n2ccnc2)cc([N+](=O)[O-])c1C. The van der Waals surface area contributed by atoms with Crippen LogP contribution in [0, 0.1) is 24.0 Å². The molecule has 0 unspecified atom stereocenters. The fraction of sp³-hybridized carbons (Fsp3) is 0.182. The van der Waals surface area contributed by atoms with Gasteiger partial charge in [-0.05, 0) is 25.5 Å². The molecule has 2 aromatic rings. The molecule has 0 aliphatic heterocycles. The number of aromatic nitrogens is 2. The zero-order valence-electron chi connectivity index (χ0n) is 10.3. The molecule has 19 heavy (non-hydrogen) atoms. The van der Waals surface area contributed by atoms with Crippen LogP contribution in [-0.4, -0.2) is 22.3 Å². The summed E-state index contributed by atoms with van der Waals surface area (Å²) in [4.78, 5) is 13.9. The van der Waals surface area contributed by atoms with Crippen LogP contribution in [-0.2, 0) is 10.0 Å². The molecular formula is C11H11N3O4S. The minimum atomic E-state index is -3.84. The predicted molar refractivity (Wildman–Crippen MR) is 67.4 cm³/mol. The van der Waals surface area contributed by atoms with Crippen molar-refractivity contribution in [1.82, 2.24) is 8.96 Å². The van der Waals surface area contributed by atoms with Crippen LogP contribution in [0.4, 0.5) is 5.69 Å². The third-order valence-electron chi connectivity index (χ3n) is 2.87. The maximum absolute atomic E-state index is 12.2. The van der Waals surface area contributed by atoms with E-state index in [9.17, 15) is 18.5 Å². The van der Waals surface area contributed by atoms with Gasteiger partial charge in [-0.3, -0.25) is 10.1 Å². The number of hydrogen-bond acceptors (Lipinski definition) is 5. The monoisotopic (exact) mass is 281 g/mol. The second-order valence-corrected chi connectivity index (χ2v) is 5.88. The Bertz CT molecular complexity index is 736. The van der Waals surface area contributed by atoms with Gasteiger partial charge in [0, 0.05) is 24.0 Å². The van der Waals surface area contributed by atoms with Gasteiger partial charge in [-0.1, -0.05) is 0 Å². The first-order valence-electron chi connectivity index (χ1n) is 5.33. The molecule has 100 valence electrons. The summed E-state index contributed by atoms with van der Waals surface area (Å²) in [5.74, 6) is 0. The van der Waals surface area contributed by atoms with Gasteiger partial charge in [0.1, 0.15) is 6.33 Å². The maximum Gasteiger partial charge on any atom is 0.273 e. The Labute approximate surface area is 109 Å². The highest BCUT2D eigenvalue weighted by Crippen LogP contribution is 2.26. The standard InChI is InChI=1S/C11H11N3O4S/c1-8-5-10(6-11(9(8)2)14(15)16)19(17,18)13-4-3-12-7-13/h3-7H,1-2H3. The summed E-state index contributed by atoms with van der Waals surface area (Å²) in [7, 11) is -3.84. The van der Waals surface area contributed by atoms with Gasteiger partial charge < -0.3 is 0 Å². The van der Waals surface area contributed by atoms with Gasteiger partial charge in [-0.25, -0.2) is 17.4 Å². The van der Waals surface area contributed by atoms with Crippen LogP contribution in [0.15, 0.2) is 35.7 Å². The van der Waals surface area contributed by atoms with Gasteiger partial charge in [-0.2, -0.15) is 0 Å². The molecule has 0 spiro atoms. The van der Waals surface area contributed by atoms with Crippen molar-refractivity contribution < 1.29 is 13.3 Å². The van der Waals surface area contributed by atoms with Crippen LogP contribution < -0.4 is 0 Å². The molecule has 0 N–H and O–H groups in total. The Morgan fingerprint density at radius 1 is 1.32 bits per heavy atom. The van der Waals surface area contributed by atoms with E-state index in [2.05, 4.69) is 4.98 Å². The summed E-state index contributed by atoms with van der Waals surface area (Å²) in [6, 6.07) is 2.48. The molecule has 2 rings (SSSR count). The fourth-order valence-corrected chi connectivity index (χ4v) is 2.88. The molecule has 0 aliphatic rings. The van der Waals surface area contributed by atoms with E-state index in [-0.39, 0.29) is 10.6 Å². The van der Waals surface area contributed by atoms with Crippen molar-refractivity contribution in [3.63, 3.8) is 0 Å². The second kappa shape index (κ2) is 4.47. The van der Waals surface area contributed by atoms with E-state index >= 15 is 0 Å². The van der Waals surface area contributed by atoms with E-state index in [0.717, 1.165) is 16.4 Å². The topological polar surface area (TPSA) is 95.1 Å². The molecule has 0 radical (unpaired) electrons. The number of nitro benzene ring substituents is 1. The van der Waals surface area contributed by atoms with E-state index in [0.29, 0.717) is 11.1 Å². The lowest BCUT2D eigenvalue weighted by atomic mass is 10.1. The van der Waals surface area contributed by atoms with Gasteiger partial charge in [0.15, 0.2) is 0 Å². The molecule has 8 heteroatoms. The van der Waals surface area contributed by atoms with E-state index in [1.165, 1.54) is 18.5 Å². The van der Waals surface area contributed by atoms with Crippen molar-refractivity contribution in [3.8, 4) is 0 Å². The zero-order chi connectivity index (χ0) is 14.2. The van der Waals surface area contributed by atoms with E-state index in [4.69, 9.17) is 0 Å². The van der Waals surface area contributed by atoms with E-state index < -0.39 is 14.9 Å². The highest BCUT2D eigenvalue weighted by atomic mass is 32.2. The number of nitrogens with zero attached hydrogens (tertiary/aromatic N) is 3. The summed E-state index contributed by atoms with van der Waals surface area (Å²) in [6.45, 7) is 3.22. The number of nitro groups is 1.